The zero-order valence-electron chi connectivity index (χ0n) is 13.7. The number of benzene rings is 2. The molecule has 2 amide bonds. The normalized spacial score (nSPS) is 10.2. The third-order valence-electron chi connectivity index (χ3n) is 3.34. The summed E-state index contributed by atoms with van der Waals surface area (Å²) in [4.78, 5) is 24.9. The SMILES string of the molecule is CC(=O)N(CCNC(=O)COc1ccc(Cl)cc1)c1cccc(F)c1. The van der Waals surface area contributed by atoms with Gasteiger partial charge in [-0.3, -0.25) is 9.59 Å². The van der Waals surface area contributed by atoms with E-state index in [2.05, 4.69) is 5.32 Å². The smallest absolute Gasteiger partial charge is 0.258 e. The predicted molar refractivity (Wildman–Crippen MR) is 94.4 cm³/mol. The molecule has 0 aromatic heterocycles. The Morgan fingerprint density at radius 3 is 2.56 bits per heavy atom. The van der Waals surface area contributed by atoms with Crippen molar-refractivity contribution in [2.24, 2.45) is 0 Å². The minimum atomic E-state index is -0.427. The van der Waals surface area contributed by atoms with Crippen LogP contribution in [0.1, 0.15) is 6.92 Å². The van der Waals surface area contributed by atoms with Crippen molar-refractivity contribution < 1.29 is 18.7 Å². The molecule has 0 bridgehead atoms. The van der Waals surface area contributed by atoms with Crippen molar-refractivity contribution in [2.45, 2.75) is 6.92 Å². The monoisotopic (exact) mass is 364 g/mol. The molecule has 0 saturated carbocycles. The number of ether oxygens (including phenoxy) is 1. The van der Waals surface area contributed by atoms with Gasteiger partial charge in [0.2, 0.25) is 5.91 Å². The second kappa shape index (κ2) is 9.03. The molecule has 0 aliphatic rings. The van der Waals surface area contributed by atoms with Gasteiger partial charge in [0.25, 0.3) is 5.91 Å². The van der Waals surface area contributed by atoms with Gasteiger partial charge in [-0.2, -0.15) is 0 Å². The van der Waals surface area contributed by atoms with E-state index < -0.39 is 5.82 Å². The van der Waals surface area contributed by atoms with E-state index in [9.17, 15) is 14.0 Å². The standard InChI is InChI=1S/C18H18ClFN2O3/c1-13(23)22(16-4-2-3-15(20)11-16)10-9-21-18(24)12-25-17-7-5-14(19)6-8-17/h2-8,11H,9-10,12H2,1H3,(H,21,24). The molecule has 0 atom stereocenters. The van der Waals surface area contributed by atoms with E-state index in [4.69, 9.17) is 16.3 Å². The molecule has 2 aromatic carbocycles. The second-order valence-electron chi connectivity index (χ2n) is 5.24. The summed E-state index contributed by atoms with van der Waals surface area (Å²) in [5.41, 5.74) is 0.444. The molecule has 0 fully saturated rings. The lowest BCUT2D eigenvalue weighted by Crippen LogP contribution is -2.39. The molecule has 0 radical (unpaired) electrons. The summed E-state index contributed by atoms with van der Waals surface area (Å²) in [5.74, 6) is -0.455. The molecule has 5 nitrogen and oxygen atoms in total. The van der Waals surface area contributed by atoms with Crippen LogP contribution in [-0.2, 0) is 9.59 Å². The van der Waals surface area contributed by atoms with Gasteiger partial charge in [0, 0.05) is 30.7 Å². The van der Waals surface area contributed by atoms with Crippen LogP contribution in [0.2, 0.25) is 5.02 Å². The van der Waals surface area contributed by atoms with E-state index >= 15 is 0 Å². The minimum absolute atomic E-state index is 0.151. The van der Waals surface area contributed by atoms with Gasteiger partial charge in [0.15, 0.2) is 6.61 Å². The number of hydrogen-bond donors (Lipinski definition) is 1. The molecule has 25 heavy (non-hydrogen) atoms. The Kier molecular flexibility index (Phi) is 6.77. The fourth-order valence-electron chi connectivity index (χ4n) is 2.15. The maximum Gasteiger partial charge on any atom is 0.258 e. The van der Waals surface area contributed by atoms with Crippen molar-refractivity contribution in [1.29, 1.82) is 0 Å². The Bertz CT molecular complexity index is 737. The number of rotatable bonds is 7. The van der Waals surface area contributed by atoms with Crippen LogP contribution in [0.5, 0.6) is 5.75 Å². The van der Waals surface area contributed by atoms with E-state index in [1.165, 1.54) is 30.0 Å². The summed E-state index contributed by atoms with van der Waals surface area (Å²) in [7, 11) is 0. The highest BCUT2D eigenvalue weighted by molar-refractivity contribution is 6.30. The maximum atomic E-state index is 13.3. The highest BCUT2D eigenvalue weighted by atomic mass is 35.5. The molecule has 2 rings (SSSR count). The first-order valence-electron chi connectivity index (χ1n) is 7.64. The fraction of sp³-hybridized carbons (Fsp3) is 0.222. The molecule has 1 N–H and O–H groups in total. The van der Waals surface area contributed by atoms with Crippen molar-refractivity contribution in [3.8, 4) is 5.75 Å². The Morgan fingerprint density at radius 2 is 1.92 bits per heavy atom. The van der Waals surface area contributed by atoms with Gasteiger partial charge >= 0.3 is 0 Å². The number of nitrogens with one attached hydrogen (secondary N) is 1. The van der Waals surface area contributed by atoms with Gasteiger partial charge in [-0.1, -0.05) is 17.7 Å². The number of carbonyl (C=O) groups is 2. The molecule has 0 unspecified atom stereocenters. The first kappa shape index (κ1) is 18.7. The average Bonchev–Trinajstić information content (AvgIpc) is 2.58. The predicted octanol–water partition coefficient (Wildman–Crippen LogP) is 3.03. The number of anilines is 1. The van der Waals surface area contributed by atoms with Crippen molar-refractivity contribution in [2.75, 3.05) is 24.6 Å². The highest BCUT2D eigenvalue weighted by Gasteiger charge is 2.12. The molecular weight excluding hydrogens is 347 g/mol. The summed E-state index contributed by atoms with van der Waals surface area (Å²) in [6.45, 7) is 1.68. The third-order valence-corrected chi connectivity index (χ3v) is 3.59. The number of halogens is 2. The summed E-state index contributed by atoms with van der Waals surface area (Å²) >= 11 is 5.77. The van der Waals surface area contributed by atoms with Crippen LogP contribution in [0.25, 0.3) is 0 Å². The zero-order chi connectivity index (χ0) is 18.2. The molecule has 2 aromatic rings. The number of hydrogen-bond acceptors (Lipinski definition) is 3. The van der Waals surface area contributed by atoms with Crippen LogP contribution >= 0.6 is 11.6 Å². The van der Waals surface area contributed by atoms with Gasteiger partial charge in [-0.25, -0.2) is 4.39 Å². The Hall–Kier alpha value is -2.60. The Labute approximate surface area is 150 Å². The zero-order valence-corrected chi connectivity index (χ0v) is 14.4. The van der Waals surface area contributed by atoms with Crippen LogP contribution in [-0.4, -0.2) is 31.5 Å². The van der Waals surface area contributed by atoms with Gasteiger partial charge in [-0.15, -0.1) is 0 Å². The molecule has 0 aliphatic carbocycles. The lowest BCUT2D eigenvalue weighted by Gasteiger charge is -2.21. The highest BCUT2D eigenvalue weighted by Crippen LogP contribution is 2.16. The van der Waals surface area contributed by atoms with E-state index in [0.29, 0.717) is 16.5 Å². The summed E-state index contributed by atoms with van der Waals surface area (Å²) in [6.07, 6.45) is 0. The maximum absolute atomic E-state index is 13.3. The van der Waals surface area contributed by atoms with Crippen molar-refractivity contribution in [3.05, 3.63) is 59.4 Å². The largest absolute Gasteiger partial charge is 0.484 e. The van der Waals surface area contributed by atoms with Crippen LogP contribution in [0.4, 0.5) is 10.1 Å². The van der Waals surface area contributed by atoms with Gasteiger partial charge in [-0.05, 0) is 42.5 Å². The van der Waals surface area contributed by atoms with Gasteiger partial charge in [0.1, 0.15) is 11.6 Å². The van der Waals surface area contributed by atoms with Crippen LogP contribution < -0.4 is 15.0 Å². The molecule has 0 aliphatic heterocycles. The van der Waals surface area contributed by atoms with E-state index in [1.807, 2.05) is 0 Å². The van der Waals surface area contributed by atoms with E-state index in [-0.39, 0.29) is 31.5 Å². The average molecular weight is 365 g/mol. The molecule has 0 spiro atoms. The topological polar surface area (TPSA) is 58.6 Å². The van der Waals surface area contributed by atoms with Crippen LogP contribution in [0.15, 0.2) is 48.5 Å². The van der Waals surface area contributed by atoms with Gasteiger partial charge in [0.05, 0.1) is 0 Å². The summed E-state index contributed by atoms with van der Waals surface area (Å²) in [5, 5.41) is 3.24. The second-order valence-corrected chi connectivity index (χ2v) is 5.68. The lowest BCUT2D eigenvalue weighted by atomic mass is 10.2. The molecule has 0 saturated heterocycles. The lowest BCUT2D eigenvalue weighted by molar-refractivity contribution is -0.123. The van der Waals surface area contributed by atoms with Gasteiger partial charge < -0.3 is 15.0 Å². The van der Waals surface area contributed by atoms with Crippen molar-refractivity contribution in [3.63, 3.8) is 0 Å². The first-order chi connectivity index (χ1) is 12.0. The molecule has 7 heteroatoms. The quantitative estimate of drug-likeness (QED) is 0.821. The van der Waals surface area contributed by atoms with Crippen LogP contribution in [0.3, 0.4) is 0 Å². The number of amides is 2. The minimum Gasteiger partial charge on any atom is -0.484 e. The fourth-order valence-corrected chi connectivity index (χ4v) is 2.28. The van der Waals surface area contributed by atoms with Crippen LogP contribution in [0, 0.1) is 5.82 Å². The third kappa shape index (κ3) is 6.08. The molecular formula is C18H18ClFN2O3. The Morgan fingerprint density at radius 1 is 1.20 bits per heavy atom. The van der Waals surface area contributed by atoms with Crippen molar-refractivity contribution >= 4 is 29.1 Å². The van der Waals surface area contributed by atoms with E-state index in [0.717, 1.165) is 0 Å². The molecule has 132 valence electrons. The Balaban J connectivity index is 1.80. The first-order valence-corrected chi connectivity index (χ1v) is 8.02. The number of carbonyl (C=O) groups excluding carboxylic acids is 2. The molecule has 0 heterocycles. The summed E-state index contributed by atoms with van der Waals surface area (Å²) < 4.78 is 18.6. The van der Waals surface area contributed by atoms with E-state index in [1.54, 1.807) is 30.3 Å². The summed E-state index contributed by atoms with van der Waals surface area (Å²) in [6, 6.07) is 12.4. The number of nitrogens with zero attached hydrogens (tertiary/aromatic N) is 1. The van der Waals surface area contributed by atoms with Crippen molar-refractivity contribution in [1.82, 2.24) is 5.32 Å².